The average Bonchev–Trinajstić information content (AvgIpc) is 2.75. The SMILES string of the molecule is Cc1ncc(-c2cncc(/C=C/C(C)C)c2)c(N2CCC(C)(C)CC2)c1C(OC(C)(C)C)C(=O)O. The molecular formula is C29H41N3O3. The van der Waals surface area contributed by atoms with Gasteiger partial charge in [-0.15, -0.1) is 0 Å². The third-order valence-corrected chi connectivity index (χ3v) is 6.42. The van der Waals surface area contributed by atoms with E-state index in [-0.39, 0.29) is 5.41 Å². The van der Waals surface area contributed by atoms with Crippen LogP contribution in [0.2, 0.25) is 0 Å². The smallest absolute Gasteiger partial charge is 0.337 e. The van der Waals surface area contributed by atoms with Crippen LogP contribution in [0.5, 0.6) is 0 Å². The molecule has 3 rings (SSSR count). The van der Waals surface area contributed by atoms with Gasteiger partial charge in [0.05, 0.1) is 11.3 Å². The molecule has 1 unspecified atom stereocenters. The van der Waals surface area contributed by atoms with Crippen LogP contribution in [0.25, 0.3) is 17.2 Å². The highest BCUT2D eigenvalue weighted by Crippen LogP contribution is 2.43. The van der Waals surface area contributed by atoms with E-state index < -0.39 is 17.7 Å². The fourth-order valence-corrected chi connectivity index (χ4v) is 4.40. The Kier molecular flexibility index (Phi) is 8.05. The number of ether oxygens (including phenoxy) is 1. The second kappa shape index (κ2) is 10.5. The first kappa shape index (κ1) is 26.9. The maximum absolute atomic E-state index is 12.5. The van der Waals surface area contributed by atoms with Crippen LogP contribution in [-0.4, -0.2) is 39.7 Å². The summed E-state index contributed by atoms with van der Waals surface area (Å²) in [6, 6.07) is 2.10. The monoisotopic (exact) mass is 479 g/mol. The highest BCUT2D eigenvalue weighted by molar-refractivity contribution is 5.86. The van der Waals surface area contributed by atoms with E-state index in [0.29, 0.717) is 17.2 Å². The molecule has 0 aliphatic carbocycles. The molecule has 6 heteroatoms. The average molecular weight is 480 g/mol. The van der Waals surface area contributed by atoms with Crippen LogP contribution in [-0.2, 0) is 9.53 Å². The number of allylic oxidation sites excluding steroid dienone is 1. The van der Waals surface area contributed by atoms with E-state index in [1.165, 1.54) is 0 Å². The second-order valence-electron chi connectivity index (χ2n) is 11.7. The van der Waals surface area contributed by atoms with Crippen LogP contribution in [0.1, 0.15) is 84.2 Å². The van der Waals surface area contributed by atoms with Crippen molar-refractivity contribution in [2.45, 2.75) is 79.9 Å². The summed E-state index contributed by atoms with van der Waals surface area (Å²) in [6.45, 7) is 18.1. The number of carboxylic acids is 1. The molecule has 0 bridgehead atoms. The van der Waals surface area contributed by atoms with Gasteiger partial charge < -0.3 is 14.7 Å². The van der Waals surface area contributed by atoms with Gasteiger partial charge in [-0.25, -0.2) is 4.79 Å². The summed E-state index contributed by atoms with van der Waals surface area (Å²) in [4.78, 5) is 24.0. The first-order valence-corrected chi connectivity index (χ1v) is 12.6. The van der Waals surface area contributed by atoms with Gasteiger partial charge in [-0.2, -0.15) is 0 Å². The molecule has 3 heterocycles. The lowest BCUT2D eigenvalue weighted by Crippen LogP contribution is -2.39. The molecule has 0 radical (unpaired) electrons. The summed E-state index contributed by atoms with van der Waals surface area (Å²) in [7, 11) is 0. The third-order valence-electron chi connectivity index (χ3n) is 6.42. The summed E-state index contributed by atoms with van der Waals surface area (Å²) >= 11 is 0. The molecule has 2 aromatic heterocycles. The lowest BCUT2D eigenvalue weighted by atomic mass is 9.82. The van der Waals surface area contributed by atoms with Crippen molar-refractivity contribution in [1.29, 1.82) is 0 Å². The first-order chi connectivity index (χ1) is 16.3. The Morgan fingerprint density at radius 1 is 1.17 bits per heavy atom. The van der Waals surface area contributed by atoms with E-state index in [0.717, 1.165) is 48.3 Å². The highest BCUT2D eigenvalue weighted by atomic mass is 16.5. The Morgan fingerprint density at radius 3 is 2.40 bits per heavy atom. The van der Waals surface area contributed by atoms with Crippen molar-refractivity contribution in [3.05, 3.63) is 47.6 Å². The maximum atomic E-state index is 12.5. The molecular weight excluding hydrogens is 438 g/mol. The highest BCUT2D eigenvalue weighted by Gasteiger charge is 2.35. The van der Waals surface area contributed by atoms with Crippen molar-refractivity contribution in [3.63, 3.8) is 0 Å². The van der Waals surface area contributed by atoms with Gasteiger partial charge in [0.1, 0.15) is 0 Å². The van der Waals surface area contributed by atoms with Gasteiger partial charge in [0.2, 0.25) is 0 Å². The van der Waals surface area contributed by atoms with Gasteiger partial charge in [0, 0.05) is 54.1 Å². The zero-order valence-corrected chi connectivity index (χ0v) is 22.6. The third kappa shape index (κ3) is 6.91. The van der Waals surface area contributed by atoms with E-state index in [9.17, 15) is 9.90 Å². The van der Waals surface area contributed by atoms with Crippen LogP contribution < -0.4 is 4.90 Å². The van der Waals surface area contributed by atoms with E-state index in [2.05, 4.69) is 60.8 Å². The van der Waals surface area contributed by atoms with Crippen LogP contribution in [0.3, 0.4) is 0 Å². The van der Waals surface area contributed by atoms with Crippen molar-refractivity contribution in [1.82, 2.24) is 9.97 Å². The lowest BCUT2D eigenvalue weighted by Gasteiger charge is -2.41. The van der Waals surface area contributed by atoms with Gasteiger partial charge in [0.15, 0.2) is 6.10 Å². The Hall–Kier alpha value is -2.73. The van der Waals surface area contributed by atoms with Crippen molar-refractivity contribution in [3.8, 4) is 11.1 Å². The number of aromatic nitrogens is 2. The summed E-state index contributed by atoms with van der Waals surface area (Å²) < 4.78 is 6.13. The van der Waals surface area contributed by atoms with Crippen LogP contribution in [0, 0.1) is 18.3 Å². The minimum Gasteiger partial charge on any atom is -0.479 e. The number of carbonyl (C=O) groups is 1. The number of pyridine rings is 2. The topological polar surface area (TPSA) is 75.5 Å². The van der Waals surface area contributed by atoms with Gasteiger partial charge in [-0.3, -0.25) is 9.97 Å². The minimum absolute atomic E-state index is 0.260. The van der Waals surface area contributed by atoms with Crippen molar-refractivity contribution in [2.24, 2.45) is 11.3 Å². The number of nitrogens with zero attached hydrogens (tertiary/aromatic N) is 3. The molecule has 1 atom stereocenters. The number of aliphatic carboxylic acids is 1. The van der Waals surface area contributed by atoms with Gasteiger partial charge in [-0.05, 0) is 63.5 Å². The largest absolute Gasteiger partial charge is 0.479 e. The molecule has 0 aromatic carbocycles. The molecule has 190 valence electrons. The Morgan fingerprint density at radius 2 is 1.83 bits per heavy atom. The lowest BCUT2D eigenvalue weighted by molar-refractivity contribution is -0.160. The molecule has 1 aliphatic rings. The number of hydrogen-bond donors (Lipinski definition) is 1. The molecule has 6 nitrogen and oxygen atoms in total. The molecule has 35 heavy (non-hydrogen) atoms. The summed E-state index contributed by atoms with van der Waals surface area (Å²) in [5.74, 6) is -0.572. The molecule has 0 amide bonds. The molecule has 0 saturated carbocycles. The normalized spacial score (nSPS) is 17.2. The van der Waals surface area contributed by atoms with E-state index >= 15 is 0 Å². The predicted molar refractivity (Wildman–Crippen MR) is 143 cm³/mol. The number of aryl methyl sites for hydroxylation is 1. The quantitative estimate of drug-likeness (QED) is 0.477. The molecule has 1 fully saturated rings. The summed E-state index contributed by atoms with van der Waals surface area (Å²) in [6.07, 6.45) is 10.7. The van der Waals surface area contributed by atoms with E-state index in [1.807, 2.05) is 46.3 Å². The number of rotatable bonds is 7. The van der Waals surface area contributed by atoms with Crippen molar-refractivity contribution < 1.29 is 14.6 Å². The first-order valence-electron chi connectivity index (χ1n) is 12.6. The number of carboxylic acid groups (broad SMARTS) is 1. The summed E-state index contributed by atoms with van der Waals surface area (Å²) in [5.41, 5.74) is 4.65. The van der Waals surface area contributed by atoms with Crippen LogP contribution in [0.15, 0.2) is 30.7 Å². The molecule has 1 saturated heterocycles. The molecule has 2 aromatic rings. The van der Waals surface area contributed by atoms with Crippen LogP contribution >= 0.6 is 0 Å². The van der Waals surface area contributed by atoms with Crippen molar-refractivity contribution >= 4 is 17.7 Å². The fraction of sp³-hybridized carbons (Fsp3) is 0.552. The minimum atomic E-state index is -1.12. The molecule has 1 aliphatic heterocycles. The van der Waals surface area contributed by atoms with E-state index in [1.54, 1.807) is 0 Å². The van der Waals surface area contributed by atoms with Crippen LogP contribution in [0.4, 0.5) is 5.69 Å². The molecule has 1 N–H and O–H groups in total. The standard InChI is InChI=1S/C29H41N3O3/c1-19(2)9-10-21-15-22(17-30-16-21)23-18-31-20(3)24(26(27(33)34)35-28(4,5)6)25(23)32-13-11-29(7,8)12-14-32/h9-10,15-19,26H,11-14H2,1-8H3,(H,33,34)/b10-9+. The zero-order chi connectivity index (χ0) is 26.0. The number of hydrogen-bond acceptors (Lipinski definition) is 5. The molecule has 0 spiro atoms. The maximum Gasteiger partial charge on any atom is 0.337 e. The number of piperidine rings is 1. The van der Waals surface area contributed by atoms with Gasteiger partial charge >= 0.3 is 5.97 Å². The second-order valence-corrected chi connectivity index (χ2v) is 11.7. The Labute approximate surface area is 210 Å². The van der Waals surface area contributed by atoms with Gasteiger partial charge in [0.25, 0.3) is 0 Å². The van der Waals surface area contributed by atoms with Crippen molar-refractivity contribution in [2.75, 3.05) is 18.0 Å². The number of anilines is 1. The fourth-order valence-electron chi connectivity index (χ4n) is 4.40. The van der Waals surface area contributed by atoms with Gasteiger partial charge in [-0.1, -0.05) is 39.8 Å². The predicted octanol–water partition coefficient (Wildman–Crippen LogP) is 6.69. The zero-order valence-electron chi connectivity index (χ0n) is 22.6. The van der Waals surface area contributed by atoms with E-state index in [4.69, 9.17) is 4.74 Å². The Balaban J connectivity index is 2.22. The summed E-state index contributed by atoms with van der Waals surface area (Å²) in [5, 5.41) is 10.3. The Bertz CT molecular complexity index is 1070.